The normalized spacial score (nSPS) is 18.4. The van der Waals surface area contributed by atoms with E-state index in [-0.39, 0.29) is 5.91 Å². The average molecular weight is 644 g/mol. The van der Waals surface area contributed by atoms with Gasteiger partial charge in [0.1, 0.15) is 5.41 Å². The van der Waals surface area contributed by atoms with Crippen molar-refractivity contribution in [1.29, 1.82) is 0 Å². The van der Waals surface area contributed by atoms with E-state index in [1.165, 1.54) is 0 Å². The minimum Gasteiger partial charge on any atom is -0.385 e. The van der Waals surface area contributed by atoms with E-state index in [4.69, 9.17) is 23.2 Å². The molecule has 0 spiro atoms. The molecule has 0 bridgehead atoms. The molecule has 0 unspecified atom stereocenters. The van der Waals surface area contributed by atoms with Crippen LogP contribution in [0, 0.1) is 0 Å². The number of carbonyl (C=O) groups excluding carboxylic acids is 1. The van der Waals surface area contributed by atoms with E-state index in [2.05, 4.69) is 29.2 Å². The van der Waals surface area contributed by atoms with Crippen molar-refractivity contribution in [2.75, 3.05) is 32.7 Å². The molecule has 2 aliphatic heterocycles. The zero-order valence-corrected chi connectivity index (χ0v) is 26.9. The molecule has 0 radical (unpaired) electrons. The van der Waals surface area contributed by atoms with Crippen LogP contribution < -0.4 is 0 Å². The van der Waals surface area contributed by atoms with E-state index in [1.54, 1.807) is 12.1 Å². The Kier molecular flexibility index (Phi) is 9.37. The van der Waals surface area contributed by atoms with E-state index in [0.29, 0.717) is 61.8 Å². The van der Waals surface area contributed by atoms with E-state index in [0.717, 1.165) is 35.3 Å². The molecule has 0 aromatic heterocycles. The maximum atomic E-state index is 15.0. The average Bonchev–Trinajstić information content (AvgIpc) is 3.07. The Balaban J connectivity index is 1.25. The largest absolute Gasteiger partial charge is 0.385 e. The minimum absolute atomic E-state index is 0.0627. The highest BCUT2D eigenvalue weighted by atomic mass is 35.5. The summed E-state index contributed by atoms with van der Waals surface area (Å²) in [4.78, 5) is 19.3. The van der Waals surface area contributed by atoms with Crippen molar-refractivity contribution in [2.24, 2.45) is 0 Å². The minimum atomic E-state index is -1.00. The van der Waals surface area contributed by atoms with Crippen LogP contribution in [-0.2, 0) is 21.4 Å². The first-order valence-corrected chi connectivity index (χ1v) is 16.6. The van der Waals surface area contributed by atoms with Crippen LogP contribution in [0.4, 0.5) is 0 Å². The van der Waals surface area contributed by atoms with Crippen molar-refractivity contribution in [2.45, 2.75) is 48.7 Å². The van der Waals surface area contributed by atoms with E-state index >= 15 is 0 Å². The van der Waals surface area contributed by atoms with Gasteiger partial charge in [-0.25, -0.2) is 0 Å². The topological polar surface area (TPSA) is 64.0 Å². The van der Waals surface area contributed by atoms with Crippen molar-refractivity contribution < 1.29 is 15.0 Å². The van der Waals surface area contributed by atoms with Crippen LogP contribution in [0.5, 0.6) is 0 Å². The Morgan fingerprint density at radius 2 is 1.02 bits per heavy atom. The fourth-order valence-electron chi connectivity index (χ4n) is 7.17. The Hall–Kier alpha value is -3.19. The van der Waals surface area contributed by atoms with Crippen molar-refractivity contribution in [3.8, 4) is 0 Å². The molecule has 2 heterocycles. The number of benzene rings is 4. The van der Waals surface area contributed by atoms with Gasteiger partial charge in [0.2, 0.25) is 5.91 Å². The fourth-order valence-corrected chi connectivity index (χ4v) is 7.43. The summed E-state index contributed by atoms with van der Waals surface area (Å²) >= 11 is 12.2. The number of aliphatic hydroxyl groups is 2. The van der Waals surface area contributed by atoms with Crippen LogP contribution in [-0.4, -0.2) is 58.6 Å². The lowest BCUT2D eigenvalue weighted by molar-refractivity contribution is -0.141. The highest BCUT2D eigenvalue weighted by Gasteiger charge is 2.47. The summed E-state index contributed by atoms with van der Waals surface area (Å²) in [5, 5.41) is 24.3. The molecule has 4 aromatic rings. The number of hydrogen-bond donors (Lipinski definition) is 2. The lowest BCUT2D eigenvalue weighted by Crippen LogP contribution is -2.54. The van der Waals surface area contributed by atoms with E-state index in [9.17, 15) is 15.0 Å². The van der Waals surface area contributed by atoms with Crippen molar-refractivity contribution in [3.63, 3.8) is 0 Å². The number of nitrogens with zero attached hydrogens (tertiary/aromatic N) is 2. The monoisotopic (exact) mass is 642 g/mol. The zero-order valence-electron chi connectivity index (χ0n) is 25.4. The molecule has 0 atom stereocenters. The van der Waals surface area contributed by atoms with E-state index < -0.39 is 16.6 Å². The SMILES string of the molecule is O=C(N1CCC(O)(c2ccc(Cl)cc2)CC1)C(CCN1CCC(O)(c2ccc(Cl)cc2)CC1)(c1ccccc1)c1ccccc1. The number of rotatable bonds is 8. The summed E-state index contributed by atoms with van der Waals surface area (Å²) in [5.41, 5.74) is 0.874. The molecule has 7 heteroatoms. The predicted molar refractivity (Wildman–Crippen MR) is 180 cm³/mol. The molecule has 2 N–H and O–H groups in total. The third-order valence-corrected chi connectivity index (χ3v) is 10.5. The Morgan fingerprint density at radius 3 is 1.44 bits per heavy atom. The van der Waals surface area contributed by atoms with Crippen LogP contribution >= 0.6 is 23.2 Å². The van der Waals surface area contributed by atoms with Gasteiger partial charge >= 0.3 is 0 Å². The Labute approximate surface area is 276 Å². The molecule has 2 saturated heterocycles. The second-order valence-corrected chi connectivity index (χ2v) is 13.5. The molecular weight excluding hydrogens is 603 g/mol. The van der Waals surface area contributed by atoms with Crippen molar-refractivity contribution in [1.82, 2.24) is 9.80 Å². The van der Waals surface area contributed by atoms with Gasteiger partial charge in [-0.1, -0.05) is 108 Å². The van der Waals surface area contributed by atoms with Crippen molar-refractivity contribution in [3.05, 3.63) is 141 Å². The summed E-state index contributed by atoms with van der Waals surface area (Å²) in [7, 11) is 0. The first-order chi connectivity index (χ1) is 21.7. The molecule has 5 nitrogen and oxygen atoms in total. The first kappa shape index (κ1) is 31.8. The molecule has 234 valence electrons. The Morgan fingerprint density at radius 1 is 0.622 bits per heavy atom. The summed E-state index contributed by atoms with van der Waals surface area (Å²) in [6.07, 6.45) is 2.73. The fraction of sp³-hybridized carbons (Fsp3) is 0.342. The van der Waals surface area contributed by atoms with Gasteiger partial charge in [-0.2, -0.15) is 0 Å². The summed E-state index contributed by atoms with van der Waals surface area (Å²) < 4.78 is 0. The number of amides is 1. The van der Waals surface area contributed by atoms with Gasteiger partial charge in [0.15, 0.2) is 0 Å². The van der Waals surface area contributed by atoms with Gasteiger partial charge in [-0.15, -0.1) is 0 Å². The van der Waals surface area contributed by atoms with Gasteiger partial charge < -0.3 is 20.0 Å². The van der Waals surface area contributed by atoms with Crippen molar-refractivity contribution >= 4 is 29.1 Å². The van der Waals surface area contributed by atoms with Gasteiger partial charge in [0.05, 0.1) is 11.2 Å². The molecule has 2 aliphatic rings. The maximum Gasteiger partial charge on any atom is 0.237 e. The quantitative estimate of drug-likeness (QED) is 0.214. The first-order valence-electron chi connectivity index (χ1n) is 15.8. The van der Waals surface area contributed by atoms with Crippen LogP contribution in [0.25, 0.3) is 0 Å². The number of carbonyl (C=O) groups is 1. The molecule has 0 saturated carbocycles. The lowest BCUT2D eigenvalue weighted by atomic mass is 9.70. The third-order valence-electron chi connectivity index (χ3n) is 10.0. The highest BCUT2D eigenvalue weighted by Crippen LogP contribution is 2.42. The zero-order chi connectivity index (χ0) is 31.5. The smallest absolute Gasteiger partial charge is 0.237 e. The van der Waals surface area contributed by atoms with Crippen LogP contribution in [0.1, 0.15) is 54.4 Å². The molecular formula is C38H40Cl2N2O3. The van der Waals surface area contributed by atoms with Crippen LogP contribution in [0.15, 0.2) is 109 Å². The number of piperidine rings is 2. The highest BCUT2D eigenvalue weighted by molar-refractivity contribution is 6.30. The second kappa shape index (κ2) is 13.3. The standard InChI is InChI=1S/C38H40Cl2N2O3/c39-33-15-11-29(12-16-33)36(44)19-24-41(25-20-36)26-23-38(31-7-3-1-4-8-31,32-9-5-2-6-10-32)35(43)42-27-21-37(45,22-28-42)30-13-17-34(40)18-14-30/h1-18,44-45H,19-28H2. The molecule has 2 fully saturated rings. The summed E-state index contributed by atoms with van der Waals surface area (Å²) in [6.45, 7) is 3.07. The molecule has 6 rings (SSSR count). The summed E-state index contributed by atoms with van der Waals surface area (Å²) in [5.74, 6) is 0.0627. The third kappa shape index (κ3) is 6.56. The second-order valence-electron chi connectivity index (χ2n) is 12.6. The van der Waals surface area contributed by atoms with E-state index in [1.807, 2.05) is 77.7 Å². The van der Waals surface area contributed by atoms with Crippen LogP contribution in [0.3, 0.4) is 0 Å². The van der Waals surface area contributed by atoms with Gasteiger partial charge in [-0.05, 0) is 85.2 Å². The number of likely N-dealkylation sites (tertiary alicyclic amines) is 2. The maximum absolute atomic E-state index is 15.0. The lowest BCUT2D eigenvalue weighted by Gasteiger charge is -2.45. The molecule has 4 aromatic carbocycles. The molecule has 45 heavy (non-hydrogen) atoms. The Bertz CT molecular complexity index is 1520. The van der Waals surface area contributed by atoms with Crippen LogP contribution in [0.2, 0.25) is 10.0 Å². The van der Waals surface area contributed by atoms with Gasteiger partial charge in [0.25, 0.3) is 0 Å². The summed E-state index contributed by atoms with van der Waals surface area (Å²) in [6, 6.07) is 35.1. The van der Waals surface area contributed by atoms with Gasteiger partial charge in [0, 0.05) is 36.2 Å². The number of halogens is 2. The van der Waals surface area contributed by atoms with Gasteiger partial charge in [-0.3, -0.25) is 4.79 Å². The molecule has 0 aliphatic carbocycles. The number of hydrogen-bond acceptors (Lipinski definition) is 4. The predicted octanol–water partition coefficient (Wildman–Crippen LogP) is 7.16. The molecule has 1 amide bonds.